The molecule has 3 aromatic carbocycles. The van der Waals surface area contributed by atoms with E-state index in [0.717, 1.165) is 17.1 Å². The molecule has 0 aliphatic carbocycles. The summed E-state index contributed by atoms with van der Waals surface area (Å²) in [6, 6.07) is 26.0. The van der Waals surface area contributed by atoms with Crippen molar-refractivity contribution in [2.45, 2.75) is 20.4 Å². The van der Waals surface area contributed by atoms with E-state index >= 15 is 0 Å². The smallest absolute Gasteiger partial charge is 0.326 e. The zero-order valence-corrected chi connectivity index (χ0v) is 19.5. The third-order valence-electron chi connectivity index (χ3n) is 6.28. The van der Waals surface area contributed by atoms with E-state index in [-0.39, 0.29) is 24.4 Å². The molecule has 6 nitrogen and oxygen atoms in total. The van der Waals surface area contributed by atoms with E-state index < -0.39 is 5.97 Å². The molecule has 0 bridgehead atoms. The molecule has 0 aliphatic heterocycles. The van der Waals surface area contributed by atoms with E-state index in [1.165, 1.54) is 0 Å². The molecule has 0 unspecified atom stereocenters. The van der Waals surface area contributed by atoms with Crippen molar-refractivity contribution in [3.8, 4) is 5.69 Å². The molecule has 0 aliphatic rings. The van der Waals surface area contributed by atoms with Crippen molar-refractivity contribution in [1.29, 1.82) is 0 Å². The highest BCUT2D eigenvalue weighted by Crippen LogP contribution is 2.22. The predicted octanol–water partition coefficient (Wildman–Crippen LogP) is 4.99. The lowest BCUT2D eigenvalue weighted by atomic mass is 10.1. The van der Waals surface area contributed by atoms with Crippen LogP contribution in [0.4, 0.5) is 0 Å². The summed E-state index contributed by atoms with van der Waals surface area (Å²) in [6.07, 6.45) is 0. The summed E-state index contributed by atoms with van der Waals surface area (Å²) >= 11 is 0. The SMILES string of the molecule is Cc1cc(C(=O)COC(=O)Cn2c3ccccc3c(=O)c3ccccc32)c(C)n1-c1ccccc1. The molecule has 0 saturated heterocycles. The Kier molecular flexibility index (Phi) is 5.79. The first-order valence-corrected chi connectivity index (χ1v) is 11.4. The molecular weight excluding hydrogens is 440 g/mol. The Morgan fingerprint density at radius 3 is 2.00 bits per heavy atom. The highest BCUT2D eigenvalue weighted by Gasteiger charge is 2.19. The summed E-state index contributed by atoms with van der Waals surface area (Å²) in [5, 5.41) is 1.06. The number of hydrogen-bond acceptors (Lipinski definition) is 4. The van der Waals surface area contributed by atoms with Crippen LogP contribution in [0.15, 0.2) is 89.7 Å². The zero-order chi connectivity index (χ0) is 24.5. The summed E-state index contributed by atoms with van der Waals surface area (Å²) in [5.74, 6) is -0.808. The number of pyridine rings is 1. The number of esters is 1. The fourth-order valence-corrected chi connectivity index (χ4v) is 4.67. The lowest BCUT2D eigenvalue weighted by Gasteiger charge is -2.14. The van der Waals surface area contributed by atoms with Crippen LogP contribution in [0.5, 0.6) is 0 Å². The molecule has 5 aromatic rings. The monoisotopic (exact) mass is 464 g/mol. The zero-order valence-electron chi connectivity index (χ0n) is 19.5. The van der Waals surface area contributed by atoms with E-state index in [2.05, 4.69) is 0 Å². The molecule has 0 amide bonds. The Hall–Kier alpha value is -4.45. The Balaban J connectivity index is 1.38. The number of ketones is 1. The normalized spacial score (nSPS) is 11.1. The van der Waals surface area contributed by atoms with Crippen molar-refractivity contribution in [1.82, 2.24) is 9.13 Å². The molecule has 0 N–H and O–H groups in total. The molecular formula is C29H24N2O4. The highest BCUT2D eigenvalue weighted by molar-refractivity contribution is 5.99. The van der Waals surface area contributed by atoms with E-state index in [0.29, 0.717) is 27.4 Å². The van der Waals surface area contributed by atoms with Gasteiger partial charge in [-0.1, -0.05) is 42.5 Å². The first-order valence-electron chi connectivity index (χ1n) is 11.4. The van der Waals surface area contributed by atoms with Gasteiger partial charge in [0.15, 0.2) is 12.0 Å². The minimum absolute atomic E-state index is 0.0789. The Morgan fingerprint density at radius 1 is 0.800 bits per heavy atom. The minimum atomic E-state index is -0.547. The van der Waals surface area contributed by atoms with Gasteiger partial charge in [-0.15, -0.1) is 0 Å². The summed E-state index contributed by atoms with van der Waals surface area (Å²) in [6.45, 7) is 3.36. The molecule has 0 saturated carbocycles. The van der Waals surface area contributed by atoms with E-state index in [1.807, 2.05) is 66.9 Å². The Morgan fingerprint density at radius 2 is 1.37 bits per heavy atom. The maximum atomic E-state index is 12.9. The third kappa shape index (κ3) is 4.04. The number of ether oxygens (including phenoxy) is 1. The molecule has 2 heterocycles. The average Bonchev–Trinajstić information content (AvgIpc) is 3.19. The maximum absolute atomic E-state index is 12.9. The number of hydrogen-bond donors (Lipinski definition) is 0. The Labute approximate surface area is 202 Å². The quantitative estimate of drug-likeness (QED) is 0.202. The number of Topliss-reactive ketones (excluding diaryl/α,β-unsaturated/α-hetero) is 1. The van der Waals surface area contributed by atoms with Gasteiger partial charge >= 0.3 is 5.97 Å². The number of carbonyl (C=O) groups is 2. The van der Waals surface area contributed by atoms with Crippen LogP contribution in [0.1, 0.15) is 21.7 Å². The van der Waals surface area contributed by atoms with Crippen molar-refractivity contribution < 1.29 is 14.3 Å². The number of nitrogens with zero attached hydrogens (tertiary/aromatic N) is 2. The summed E-state index contributed by atoms with van der Waals surface area (Å²) in [5.41, 5.74) is 4.43. The van der Waals surface area contributed by atoms with Gasteiger partial charge in [0.1, 0.15) is 6.54 Å². The molecule has 0 spiro atoms. The van der Waals surface area contributed by atoms with Gasteiger partial charge in [0.25, 0.3) is 0 Å². The highest BCUT2D eigenvalue weighted by atomic mass is 16.5. The number of benzene rings is 3. The van der Waals surface area contributed by atoms with Gasteiger partial charge < -0.3 is 13.9 Å². The van der Waals surface area contributed by atoms with Gasteiger partial charge in [0, 0.05) is 33.4 Å². The molecule has 6 heteroatoms. The largest absolute Gasteiger partial charge is 0.456 e. The fraction of sp³-hybridized carbons (Fsp3) is 0.138. The van der Waals surface area contributed by atoms with Gasteiger partial charge in [0.05, 0.1) is 11.0 Å². The molecule has 0 atom stereocenters. The number of carbonyl (C=O) groups excluding carboxylic acids is 2. The van der Waals surface area contributed by atoms with Crippen molar-refractivity contribution in [2.24, 2.45) is 0 Å². The number of aryl methyl sites for hydroxylation is 1. The molecule has 35 heavy (non-hydrogen) atoms. The fourth-order valence-electron chi connectivity index (χ4n) is 4.67. The number of aromatic nitrogens is 2. The molecule has 174 valence electrons. The van der Waals surface area contributed by atoms with E-state index in [4.69, 9.17) is 4.74 Å². The van der Waals surface area contributed by atoms with Gasteiger partial charge in [-0.05, 0) is 56.3 Å². The lowest BCUT2D eigenvalue weighted by molar-refractivity contribution is -0.143. The first kappa shape index (κ1) is 22.3. The predicted molar refractivity (Wildman–Crippen MR) is 136 cm³/mol. The Bertz CT molecular complexity index is 1580. The summed E-state index contributed by atoms with van der Waals surface area (Å²) in [7, 11) is 0. The van der Waals surface area contributed by atoms with Gasteiger partial charge in [-0.25, -0.2) is 0 Å². The minimum Gasteiger partial charge on any atom is -0.456 e. The second-order valence-electron chi connectivity index (χ2n) is 8.49. The molecule has 5 rings (SSSR count). The van der Waals surface area contributed by atoms with Crippen LogP contribution < -0.4 is 5.43 Å². The van der Waals surface area contributed by atoms with Crippen molar-refractivity contribution >= 4 is 33.6 Å². The molecule has 0 fully saturated rings. The van der Waals surface area contributed by atoms with Crippen molar-refractivity contribution in [3.63, 3.8) is 0 Å². The van der Waals surface area contributed by atoms with Gasteiger partial charge in [-0.3, -0.25) is 14.4 Å². The molecule has 2 aromatic heterocycles. The second kappa shape index (κ2) is 9.06. The summed E-state index contributed by atoms with van der Waals surface area (Å²) < 4.78 is 9.18. The number of para-hydroxylation sites is 3. The van der Waals surface area contributed by atoms with Crippen molar-refractivity contribution in [2.75, 3.05) is 6.61 Å². The van der Waals surface area contributed by atoms with Crippen LogP contribution in [0, 0.1) is 13.8 Å². The van der Waals surface area contributed by atoms with Crippen LogP contribution in [0.25, 0.3) is 27.5 Å². The first-order chi connectivity index (χ1) is 17.0. The van der Waals surface area contributed by atoms with Gasteiger partial charge in [-0.2, -0.15) is 0 Å². The third-order valence-corrected chi connectivity index (χ3v) is 6.28. The number of rotatable bonds is 6. The van der Waals surface area contributed by atoms with Crippen LogP contribution in [0.2, 0.25) is 0 Å². The summed E-state index contributed by atoms with van der Waals surface area (Å²) in [4.78, 5) is 38.7. The molecule has 0 radical (unpaired) electrons. The van der Waals surface area contributed by atoms with E-state index in [1.54, 1.807) is 41.0 Å². The van der Waals surface area contributed by atoms with Crippen molar-refractivity contribution in [3.05, 3.63) is 112 Å². The van der Waals surface area contributed by atoms with Crippen LogP contribution in [-0.2, 0) is 16.1 Å². The second-order valence-corrected chi connectivity index (χ2v) is 8.49. The lowest BCUT2D eigenvalue weighted by Crippen LogP contribution is -2.21. The van der Waals surface area contributed by atoms with Crippen LogP contribution in [0.3, 0.4) is 0 Å². The standard InChI is InChI=1S/C29H24N2O4/c1-19-16-24(20(2)31(19)21-10-4-3-5-11-21)27(32)18-35-28(33)17-30-25-14-8-6-12-22(25)29(34)23-13-7-9-15-26(23)30/h3-16H,17-18H2,1-2H3. The maximum Gasteiger partial charge on any atom is 0.326 e. The van der Waals surface area contributed by atoms with E-state index in [9.17, 15) is 14.4 Å². The van der Waals surface area contributed by atoms with Gasteiger partial charge in [0.2, 0.25) is 5.78 Å². The average molecular weight is 465 g/mol. The van der Waals surface area contributed by atoms with Crippen LogP contribution >= 0.6 is 0 Å². The topological polar surface area (TPSA) is 70.3 Å². The van der Waals surface area contributed by atoms with Crippen LogP contribution in [-0.4, -0.2) is 27.5 Å². The number of fused-ring (bicyclic) bond motifs is 2.